The lowest BCUT2D eigenvalue weighted by Gasteiger charge is -2.49. The molecule has 31 heavy (non-hydrogen) atoms. The minimum atomic E-state index is 0. The van der Waals surface area contributed by atoms with Gasteiger partial charge in [0.15, 0.2) is 0 Å². The molecule has 4 atom stereocenters. The molecule has 0 bridgehead atoms. The van der Waals surface area contributed by atoms with E-state index in [4.69, 9.17) is 4.74 Å². The zero-order chi connectivity index (χ0) is 21.6. The highest BCUT2D eigenvalue weighted by Crippen LogP contribution is 2.62. The maximum absolute atomic E-state index is 5.99. The van der Waals surface area contributed by atoms with E-state index < -0.39 is 0 Å². The van der Waals surface area contributed by atoms with E-state index in [-0.39, 0.29) is 7.43 Å². The molecule has 1 aromatic rings. The first-order chi connectivity index (χ1) is 14.7. The molecular formula is C29H49NO. The van der Waals surface area contributed by atoms with Crippen LogP contribution in [0.25, 0.3) is 0 Å². The predicted octanol–water partition coefficient (Wildman–Crippen LogP) is 7.49. The molecule has 3 aliphatic rings. The Morgan fingerprint density at radius 1 is 1.06 bits per heavy atom. The standard InChI is InChI=1S/C26H39NO.C2H6.CH4/c1-4-27(5-2)17-19-28-18-15-21-11-13-25-24-12-10-20-8-6-7-9-22(20)23(24)14-16-26(21,25)3;1-2;/h6-9,15,23-25H,4-5,10-14,16-19H2,1-3H3;1-2H3;1H4/b21-15+;;. The number of ether oxygens (including phenoxy) is 1. The van der Waals surface area contributed by atoms with Crippen molar-refractivity contribution in [2.75, 3.05) is 32.8 Å². The van der Waals surface area contributed by atoms with Gasteiger partial charge in [0.2, 0.25) is 0 Å². The fraction of sp³-hybridized carbons (Fsp3) is 0.724. The van der Waals surface area contributed by atoms with Crippen LogP contribution in [-0.2, 0) is 11.2 Å². The average Bonchev–Trinajstić information content (AvgIpc) is 3.14. The molecule has 3 aliphatic carbocycles. The summed E-state index contributed by atoms with van der Waals surface area (Å²) in [6, 6.07) is 9.27. The number of fused-ring (bicyclic) bond motifs is 5. The number of hydrogen-bond donors (Lipinski definition) is 0. The number of likely N-dealkylation sites (N-methyl/N-ethyl adjacent to an activating group) is 1. The monoisotopic (exact) mass is 427 g/mol. The number of allylic oxidation sites excluding steroid dienone is 1. The van der Waals surface area contributed by atoms with E-state index in [9.17, 15) is 0 Å². The number of rotatable bonds is 7. The SMILES string of the molecule is C.CC.CCN(CC)CCOC/C=C1\CCC2C3CCc4ccccc4C3CCC12C. The van der Waals surface area contributed by atoms with E-state index >= 15 is 0 Å². The molecule has 1 aromatic carbocycles. The summed E-state index contributed by atoms with van der Waals surface area (Å²) in [5.41, 5.74) is 5.44. The molecule has 2 fully saturated rings. The minimum absolute atomic E-state index is 0. The minimum Gasteiger partial charge on any atom is -0.376 e. The van der Waals surface area contributed by atoms with Crippen LogP contribution in [0.1, 0.15) is 91.2 Å². The molecular weight excluding hydrogens is 378 g/mol. The summed E-state index contributed by atoms with van der Waals surface area (Å²) < 4.78 is 5.99. The maximum atomic E-state index is 5.99. The predicted molar refractivity (Wildman–Crippen MR) is 136 cm³/mol. The number of hydrogen-bond acceptors (Lipinski definition) is 2. The van der Waals surface area contributed by atoms with Crippen molar-refractivity contribution in [2.24, 2.45) is 17.3 Å². The van der Waals surface area contributed by atoms with Gasteiger partial charge in [-0.2, -0.15) is 0 Å². The molecule has 0 radical (unpaired) electrons. The van der Waals surface area contributed by atoms with Gasteiger partial charge in [0.05, 0.1) is 13.2 Å². The van der Waals surface area contributed by atoms with Crippen molar-refractivity contribution in [1.29, 1.82) is 0 Å². The van der Waals surface area contributed by atoms with Crippen molar-refractivity contribution in [3.63, 3.8) is 0 Å². The molecule has 0 aliphatic heterocycles. The Hall–Kier alpha value is -1.12. The molecule has 2 nitrogen and oxygen atoms in total. The van der Waals surface area contributed by atoms with Crippen molar-refractivity contribution in [1.82, 2.24) is 4.90 Å². The third kappa shape index (κ3) is 5.45. The number of aryl methyl sites for hydroxylation is 1. The fourth-order valence-electron chi connectivity index (χ4n) is 6.68. The summed E-state index contributed by atoms with van der Waals surface area (Å²) in [4.78, 5) is 2.43. The molecule has 4 unspecified atom stereocenters. The third-order valence-electron chi connectivity index (χ3n) is 8.38. The number of benzene rings is 1. The Kier molecular flexibility index (Phi) is 10.3. The Morgan fingerprint density at radius 3 is 2.55 bits per heavy atom. The normalized spacial score (nSPS) is 30.0. The van der Waals surface area contributed by atoms with Gasteiger partial charge in [0, 0.05) is 6.54 Å². The first-order valence-corrected chi connectivity index (χ1v) is 12.7. The molecule has 0 amide bonds. The van der Waals surface area contributed by atoms with Crippen LogP contribution < -0.4 is 0 Å². The maximum Gasteiger partial charge on any atom is 0.0650 e. The molecule has 0 saturated heterocycles. The van der Waals surface area contributed by atoms with Crippen LogP contribution in [0.15, 0.2) is 35.9 Å². The van der Waals surface area contributed by atoms with Crippen molar-refractivity contribution >= 4 is 0 Å². The van der Waals surface area contributed by atoms with E-state index in [1.54, 1.807) is 16.7 Å². The van der Waals surface area contributed by atoms with Gasteiger partial charge in [-0.3, -0.25) is 0 Å². The first-order valence-electron chi connectivity index (χ1n) is 12.7. The largest absolute Gasteiger partial charge is 0.376 e. The van der Waals surface area contributed by atoms with Gasteiger partial charge in [0.25, 0.3) is 0 Å². The molecule has 176 valence electrons. The molecule has 4 rings (SSSR count). The van der Waals surface area contributed by atoms with Crippen molar-refractivity contribution in [3.8, 4) is 0 Å². The number of nitrogens with zero attached hydrogens (tertiary/aromatic N) is 1. The lowest BCUT2D eigenvalue weighted by molar-refractivity contribution is 0.0800. The lowest BCUT2D eigenvalue weighted by Crippen LogP contribution is -2.40. The summed E-state index contributed by atoms with van der Waals surface area (Å²) in [6.45, 7) is 16.0. The highest BCUT2D eigenvalue weighted by Gasteiger charge is 2.52. The summed E-state index contributed by atoms with van der Waals surface area (Å²) >= 11 is 0. The van der Waals surface area contributed by atoms with Crippen LogP contribution in [0.3, 0.4) is 0 Å². The molecule has 0 heterocycles. The van der Waals surface area contributed by atoms with E-state index in [0.29, 0.717) is 5.41 Å². The van der Waals surface area contributed by atoms with E-state index in [1.165, 1.54) is 38.5 Å². The molecule has 0 N–H and O–H groups in total. The average molecular weight is 428 g/mol. The molecule has 0 spiro atoms. The summed E-state index contributed by atoms with van der Waals surface area (Å²) in [5.74, 6) is 2.58. The molecule has 0 aromatic heterocycles. The van der Waals surface area contributed by atoms with Crippen molar-refractivity contribution in [3.05, 3.63) is 47.0 Å². The van der Waals surface area contributed by atoms with Gasteiger partial charge >= 0.3 is 0 Å². The second-order valence-electron chi connectivity index (χ2n) is 9.44. The van der Waals surface area contributed by atoms with E-state index in [1.807, 2.05) is 13.8 Å². The summed E-state index contributed by atoms with van der Waals surface area (Å²) in [5, 5.41) is 0. The van der Waals surface area contributed by atoms with Crippen LogP contribution in [0.5, 0.6) is 0 Å². The lowest BCUT2D eigenvalue weighted by atomic mass is 9.55. The van der Waals surface area contributed by atoms with Crippen LogP contribution in [0.4, 0.5) is 0 Å². The van der Waals surface area contributed by atoms with Gasteiger partial charge in [-0.25, -0.2) is 0 Å². The smallest absolute Gasteiger partial charge is 0.0650 e. The highest BCUT2D eigenvalue weighted by atomic mass is 16.5. The fourth-order valence-corrected chi connectivity index (χ4v) is 6.68. The van der Waals surface area contributed by atoms with Crippen molar-refractivity contribution in [2.45, 2.75) is 86.5 Å². The summed E-state index contributed by atoms with van der Waals surface area (Å²) in [6.07, 6.45) is 10.6. The Morgan fingerprint density at radius 2 is 1.81 bits per heavy atom. The molecule has 2 saturated carbocycles. The van der Waals surface area contributed by atoms with E-state index in [2.05, 4.69) is 56.0 Å². The second-order valence-corrected chi connectivity index (χ2v) is 9.44. The first kappa shape index (κ1) is 26.1. The van der Waals surface area contributed by atoms with Crippen LogP contribution in [-0.4, -0.2) is 37.7 Å². The van der Waals surface area contributed by atoms with Gasteiger partial charge < -0.3 is 9.64 Å². The zero-order valence-electron chi connectivity index (χ0n) is 20.3. The van der Waals surface area contributed by atoms with Gasteiger partial charge in [-0.05, 0) is 85.9 Å². The van der Waals surface area contributed by atoms with Crippen LogP contribution in [0, 0.1) is 17.3 Å². The zero-order valence-corrected chi connectivity index (χ0v) is 20.3. The van der Waals surface area contributed by atoms with Gasteiger partial charge in [-0.1, -0.05) is 78.0 Å². The van der Waals surface area contributed by atoms with Gasteiger partial charge in [0.1, 0.15) is 0 Å². The van der Waals surface area contributed by atoms with E-state index in [0.717, 1.165) is 50.6 Å². The Balaban J connectivity index is 0.00000111. The topological polar surface area (TPSA) is 12.5 Å². The van der Waals surface area contributed by atoms with Crippen LogP contribution in [0.2, 0.25) is 0 Å². The second kappa shape index (κ2) is 12.2. The molecule has 2 heteroatoms. The summed E-state index contributed by atoms with van der Waals surface area (Å²) in [7, 11) is 0. The third-order valence-corrected chi connectivity index (χ3v) is 8.38. The van der Waals surface area contributed by atoms with Crippen molar-refractivity contribution < 1.29 is 4.74 Å². The van der Waals surface area contributed by atoms with Crippen LogP contribution >= 0.6 is 0 Å². The highest BCUT2D eigenvalue weighted by molar-refractivity contribution is 5.36. The van der Waals surface area contributed by atoms with Gasteiger partial charge in [-0.15, -0.1) is 0 Å². The Labute approximate surface area is 193 Å². The Bertz CT molecular complexity index is 692. The quantitative estimate of drug-likeness (QED) is 0.330.